The first-order valence-corrected chi connectivity index (χ1v) is 15.9. The summed E-state index contributed by atoms with van der Waals surface area (Å²) >= 11 is 3.80. The van der Waals surface area contributed by atoms with Gasteiger partial charge < -0.3 is 0 Å². The van der Waals surface area contributed by atoms with Crippen LogP contribution in [0.15, 0.2) is 133 Å². The maximum absolute atomic E-state index is 2.38. The van der Waals surface area contributed by atoms with Crippen LogP contribution in [0.5, 0.6) is 0 Å². The quantitative estimate of drug-likeness (QED) is 0.185. The molecule has 0 nitrogen and oxygen atoms in total. The lowest BCUT2D eigenvalue weighted by atomic mass is 9.97. The normalized spacial score (nSPS) is 12.3. The van der Waals surface area contributed by atoms with E-state index in [0.717, 1.165) is 0 Å². The van der Waals surface area contributed by atoms with Gasteiger partial charge in [-0.2, -0.15) is 0 Å². The van der Waals surface area contributed by atoms with Crippen molar-refractivity contribution in [1.82, 2.24) is 0 Å². The highest BCUT2D eigenvalue weighted by molar-refractivity contribution is 7.26. The summed E-state index contributed by atoms with van der Waals surface area (Å²) in [6.07, 6.45) is 0. The average Bonchev–Trinajstić information content (AvgIpc) is 3.55. The first kappa shape index (κ1) is 22.9. The molecule has 2 heterocycles. The van der Waals surface area contributed by atoms with Crippen molar-refractivity contribution < 1.29 is 0 Å². The zero-order valence-electron chi connectivity index (χ0n) is 22.5. The first-order chi connectivity index (χ1) is 20.7. The van der Waals surface area contributed by atoms with Gasteiger partial charge in [-0.15, -0.1) is 22.7 Å². The van der Waals surface area contributed by atoms with Gasteiger partial charge in [0.2, 0.25) is 0 Å². The summed E-state index contributed by atoms with van der Waals surface area (Å²) in [6, 6.07) is 50.1. The van der Waals surface area contributed by atoms with Gasteiger partial charge in [0.25, 0.3) is 0 Å². The van der Waals surface area contributed by atoms with Crippen LogP contribution in [0.3, 0.4) is 0 Å². The number of fused-ring (bicyclic) bond motifs is 10. The molecule has 0 unspecified atom stereocenters. The number of hydrogen-bond donors (Lipinski definition) is 0. The summed E-state index contributed by atoms with van der Waals surface area (Å²) < 4.78 is 5.41. The number of benzene rings is 8. The fraction of sp³-hybridized carbons (Fsp3) is 0. The van der Waals surface area contributed by atoms with Gasteiger partial charge in [0.15, 0.2) is 0 Å². The van der Waals surface area contributed by atoms with E-state index in [2.05, 4.69) is 133 Å². The molecule has 10 aromatic rings. The summed E-state index contributed by atoms with van der Waals surface area (Å²) in [5.41, 5.74) is 2.52. The SMILES string of the molecule is c1ccc2cc3c(cc2c1)sc1cc2cc(-c4ccc5cc6c(cc5c4)sc4cc5ccccc5cc46)ccc2cc13. The van der Waals surface area contributed by atoms with Crippen molar-refractivity contribution in [2.24, 2.45) is 0 Å². The van der Waals surface area contributed by atoms with E-state index in [4.69, 9.17) is 0 Å². The van der Waals surface area contributed by atoms with Gasteiger partial charge in [0.1, 0.15) is 0 Å². The monoisotopic (exact) mass is 566 g/mol. The molecule has 0 aliphatic heterocycles. The average molecular weight is 567 g/mol. The van der Waals surface area contributed by atoms with E-state index in [0.29, 0.717) is 0 Å². The fourth-order valence-corrected chi connectivity index (χ4v) is 9.10. The highest BCUT2D eigenvalue weighted by Crippen LogP contribution is 2.41. The summed E-state index contributed by atoms with van der Waals surface area (Å²) in [7, 11) is 0. The Morgan fingerprint density at radius 3 is 0.952 bits per heavy atom. The minimum atomic E-state index is 1.26. The van der Waals surface area contributed by atoms with Crippen LogP contribution >= 0.6 is 22.7 Å². The maximum atomic E-state index is 2.38. The molecule has 0 bridgehead atoms. The van der Waals surface area contributed by atoms with E-state index in [1.54, 1.807) is 0 Å². The largest absolute Gasteiger partial charge is 0.135 e. The van der Waals surface area contributed by atoms with Gasteiger partial charge >= 0.3 is 0 Å². The third-order valence-electron chi connectivity index (χ3n) is 8.93. The van der Waals surface area contributed by atoms with Crippen molar-refractivity contribution in [2.45, 2.75) is 0 Å². The van der Waals surface area contributed by atoms with Crippen LogP contribution in [0.25, 0.3) is 94.6 Å². The number of hydrogen-bond acceptors (Lipinski definition) is 2. The fourth-order valence-electron chi connectivity index (χ4n) is 6.77. The van der Waals surface area contributed by atoms with Gasteiger partial charge in [-0.3, -0.25) is 0 Å². The molecule has 0 radical (unpaired) electrons. The van der Waals surface area contributed by atoms with Gasteiger partial charge in [-0.1, -0.05) is 72.8 Å². The molecule has 10 rings (SSSR count). The van der Waals surface area contributed by atoms with E-state index < -0.39 is 0 Å². The summed E-state index contributed by atoms with van der Waals surface area (Å²) in [4.78, 5) is 0. The van der Waals surface area contributed by atoms with Crippen LogP contribution in [0, 0.1) is 0 Å². The highest BCUT2D eigenvalue weighted by atomic mass is 32.1. The van der Waals surface area contributed by atoms with Crippen molar-refractivity contribution in [2.75, 3.05) is 0 Å². The molecule has 0 N–H and O–H groups in total. The Bertz CT molecular complexity index is 2550. The predicted octanol–water partition coefficient (Wildman–Crippen LogP) is 12.7. The summed E-state index contributed by atoms with van der Waals surface area (Å²) in [5.74, 6) is 0. The molecule has 2 aromatic heterocycles. The lowest BCUT2D eigenvalue weighted by Crippen LogP contribution is -1.81. The zero-order valence-corrected chi connectivity index (χ0v) is 24.2. The molecule has 0 aliphatic rings. The van der Waals surface area contributed by atoms with Gasteiger partial charge in [0.05, 0.1) is 0 Å². The Morgan fingerprint density at radius 1 is 0.262 bits per heavy atom. The van der Waals surface area contributed by atoms with Gasteiger partial charge in [-0.05, 0) is 115 Å². The Balaban J connectivity index is 1.11. The van der Waals surface area contributed by atoms with Crippen LogP contribution in [-0.4, -0.2) is 0 Å². The van der Waals surface area contributed by atoms with Crippen LogP contribution < -0.4 is 0 Å². The molecule has 0 atom stereocenters. The number of rotatable bonds is 1. The maximum Gasteiger partial charge on any atom is 0.0361 e. The molecule has 0 saturated carbocycles. The van der Waals surface area contributed by atoms with E-state index >= 15 is 0 Å². The van der Waals surface area contributed by atoms with Gasteiger partial charge in [0, 0.05) is 40.3 Å². The second-order valence-corrected chi connectivity index (χ2v) is 13.6. The summed E-state index contributed by atoms with van der Waals surface area (Å²) in [6.45, 7) is 0. The van der Waals surface area contributed by atoms with Crippen molar-refractivity contribution in [3.05, 3.63) is 133 Å². The molecule has 194 valence electrons. The third kappa shape index (κ3) is 3.34. The second kappa shape index (κ2) is 8.39. The molecule has 0 spiro atoms. The second-order valence-electron chi connectivity index (χ2n) is 11.4. The minimum Gasteiger partial charge on any atom is -0.135 e. The van der Waals surface area contributed by atoms with E-state index in [1.165, 1.54) is 94.6 Å². The van der Waals surface area contributed by atoms with Crippen molar-refractivity contribution in [3.63, 3.8) is 0 Å². The van der Waals surface area contributed by atoms with E-state index in [-0.39, 0.29) is 0 Å². The highest BCUT2D eigenvalue weighted by Gasteiger charge is 2.11. The van der Waals surface area contributed by atoms with Crippen LogP contribution in [0.4, 0.5) is 0 Å². The first-order valence-electron chi connectivity index (χ1n) is 14.3. The third-order valence-corrected chi connectivity index (χ3v) is 11.2. The molecule has 2 heteroatoms. The van der Waals surface area contributed by atoms with Crippen LogP contribution in [0.2, 0.25) is 0 Å². The Kier molecular flexibility index (Phi) is 4.57. The van der Waals surface area contributed by atoms with Crippen molar-refractivity contribution in [1.29, 1.82) is 0 Å². The topological polar surface area (TPSA) is 0 Å². The van der Waals surface area contributed by atoms with E-state index in [1.807, 2.05) is 22.7 Å². The number of thiophene rings is 2. The van der Waals surface area contributed by atoms with Gasteiger partial charge in [-0.25, -0.2) is 0 Å². The Morgan fingerprint density at radius 2 is 0.571 bits per heavy atom. The molecular formula is C40H22S2. The molecule has 8 aromatic carbocycles. The molecular weight excluding hydrogens is 545 g/mol. The molecule has 42 heavy (non-hydrogen) atoms. The minimum absolute atomic E-state index is 1.26. The zero-order chi connectivity index (χ0) is 27.4. The van der Waals surface area contributed by atoms with Crippen LogP contribution in [-0.2, 0) is 0 Å². The lowest BCUT2D eigenvalue weighted by Gasteiger charge is -2.07. The Hall–Kier alpha value is -4.76. The molecule has 0 aliphatic carbocycles. The summed E-state index contributed by atoms with van der Waals surface area (Å²) in [5, 5.41) is 15.8. The predicted molar refractivity (Wildman–Crippen MR) is 188 cm³/mol. The molecule has 0 amide bonds. The Labute approximate surface area is 249 Å². The van der Waals surface area contributed by atoms with E-state index in [9.17, 15) is 0 Å². The smallest absolute Gasteiger partial charge is 0.0361 e. The molecule has 0 saturated heterocycles. The van der Waals surface area contributed by atoms with Crippen LogP contribution in [0.1, 0.15) is 0 Å². The lowest BCUT2D eigenvalue weighted by molar-refractivity contribution is 1.70. The van der Waals surface area contributed by atoms with Crippen molar-refractivity contribution in [3.8, 4) is 11.1 Å². The van der Waals surface area contributed by atoms with Crippen molar-refractivity contribution >= 4 is 106 Å². The molecule has 0 fully saturated rings. The standard InChI is InChI=1S/C40H22S2/c1-3-7-25-19-37-33(15-23(25)5-1)35-17-29-11-9-27(13-31(29)21-39(35)41-37)28-10-12-30-18-36-34-16-24-6-2-4-8-26(24)20-38(34)42-40(36)22-32(30)14-28/h1-22H.